The first kappa shape index (κ1) is 18.9. The van der Waals surface area contributed by atoms with Crippen LogP contribution in [0.5, 0.6) is 0 Å². The molecule has 0 saturated heterocycles. The average Bonchev–Trinajstić information content (AvgIpc) is 2.38. The number of unbranched alkanes of at least 4 members (excludes halogenated alkanes) is 2. The molecule has 0 unspecified atom stereocenters. The van der Waals surface area contributed by atoms with Crippen molar-refractivity contribution in [3.05, 3.63) is 34.9 Å². The van der Waals surface area contributed by atoms with Crippen molar-refractivity contribution >= 4 is 22.6 Å². The molecule has 0 saturated carbocycles. The maximum Gasteiger partial charge on any atom is 0.0203 e. The van der Waals surface area contributed by atoms with Gasteiger partial charge in [0.1, 0.15) is 0 Å². The monoisotopic (exact) mass is 374 g/mol. The Balaban J connectivity index is 3.83. The zero-order valence-corrected chi connectivity index (χ0v) is 15.4. The summed E-state index contributed by atoms with van der Waals surface area (Å²) in [5.41, 5.74) is 4.60. The van der Waals surface area contributed by atoms with E-state index in [1.807, 2.05) is 0 Å². The van der Waals surface area contributed by atoms with Crippen LogP contribution in [0.4, 0.5) is 0 Å². The molecule has 19 heavy (non-hydrogen) atoms. The molecule has 0 spiro atoms. The van der Waals surface area contributed by atoms with Gasteiger partial charge in [0, 0.05) is 4.43 Å². The molecule has 0 aliphatic rings. The van der Waals surface area contributed by atoms with Gasteiger partial charge in [0.25, 0.3) is 0 Å². The van der Waals surface area contributed by atoms with E-state index in [4.69, 9.17) is 0 Å². The molecule has 0 N–H and O–H groups in total. The summed E-state index contributed by atoms with van der Waals surface area (Å²) in [4.78, 5) is 0. The lowest BCUT2D eigenvalue weighted by molar-refractivity contribution is 0.804. The molecular weight excluding hydrogens is 343 g/mol. The summed E-state index contributed by atoms with van der Waals surface area (Å²) >= 11 is 2.42. The van der Waals surface area contributed by atoms with Gasteiger partial charge in [0.2, 0.25) is 0 Å². The highest BCUT2D eigenvalue weighted by atomic mass is 127. The van der Waals surface area contributed by atoms with Crippen LogP contribution in [-0.4, -0.2) is 4.43 Å². The van der Waals surface area contributed by atoms with E-state index in [0.717, 1.165) is 4.43 Å². The van der Waals surface area contributed by atoms with Gasteiger partial charge < -0.3 is 0 Å². The smallest absolute Gasteiger partial charge is 0.0203 e. The van der Waals surface area contributed by atoms with Crippen molar-refractivity contribution in [2.24, 2.45) is 0 Å². The van der Waals surface area contributed by atoms with E-state index in [9.17, 15) is 0 Å². The van der Waals surface area contributed by atoms with Crippen LogP contribution in [0.2, 0.25) is 0 Å². The van der Waals surface area contributed by atoms with Gasteiger partial charge in [-0.05, 0) is 52.9 Å². The van der Waals surface area contributed by atoms with Crippen LogP contribution in [0.15, 0.2) is 34.9 Å². The Morgan fingerprint density at radius 1 is 0.789 bits per heavy atom. The Bertz CT molecular complexity index is 308. The minimum atomic E-state index is 1.16. The summed E-state index contributed by atoms with van der Waals surface area (Å²) in [5.74, 6) is 0. The Morgan fingerprint density at radius 3 is 1.74 bits per heavy atom. The van der Waals surface area contributed by atoms with Crippen LogP contribution >= 0.6 is 22.6 Å². The van der Waals surface area contributed by atoms with E-state index < -0.39 is 0 Å². The fraction of sp³-hybridized carbons (Fsp3) is 0.667. The molecule has 0 radical (unpaired) electrons. The number of alkyl halides is 1. The summed E-state index contributed by atoms with van der Waals surface area (Å²) < 4.78 is 1.16. The van der Waals surface area contributed by atoms with Gasteiger partial charge in [-0.1, -0.05) is 77.3 Å². The minimum absolute atomic E-state index is 1.16. The second-order valence-electron chi connectivity index (χ2n) is 5.50. The van der Waals surface area contributed by atoms with Gasteiger partial charge in [-0.3, -0.25) is 0 Å². The summed E-state index contributed by atoms with van der Waals surface area (Å²) in [6.45, 7) is 9.01. The molecule has 0 aliphatic heterocycles. The van der Waals surface area contributed by atoms with Crippen molar-refractivity contribution in [1.29, 1.82) is 0 Å². The second-order valence-corrected chi connectivity index (χ2v) is 6.27. The summed E-state index contributed by atoms with van der Waals surface area (Å²) in [6.07, 6.45) is 15.9. The number of rotatable bonds is 10. The number of hydrogen-bond acceptors (Lipinski definition) is 0. The van der Waals surface area contributed by atoms with Crippen LogP contribution in [0.1, 0.15) is 72.6 Å². The van der Waals surface area contributed by atoms with Gasteiger partial charge in [0.15, 0.2) is 0 Å². The molecule has 0 aromatic carbocycles. The zero-order valence-electron chi connectivity index (χ0n) is 13.3. The van der Waals surface area contributed by atoms with Crippen LogP contribution in [0, 0.1) is 0 Å². The molecule has 0 heterocycles. The van der Waals surface area contributed by atoms with Gasteiger partial charge >= 0.3 is 0 Å². The molecule has 110 valence electrons. The van der Waals surface area contributed by atoms with Crippen LogP contribution in [-0.2, 0) is 0 Å². The van der Waals surface area contributed by atoms with Crippen molar-refractivity contribution in [2.75, 3.05) is 4.43 Å². The Hall–Kier alpha value is -0.0500. The normalized spacial score (nSPS) is 14.1. The van der Waals surface area contributed by atoms with E-state index in [2.05, 4.69) is 68.5 Å². The maximum absolute atomic E-state index is 2.42. The molecule has 0 fully saturated rings. The molecule has 0 amide bonds. The Kier molecular flexibility index (Phi) is 12.9. The highest BCUT2D eigenvalue weighted by Crippen LogP contribution is 2.12. The lowest BCUT2D eigenvalue weighted by Gasteiger charge is -2.02. The van der Waals surface area contributed by atoms with Crippen LogP contribution < -0.4 is 0 Å². The van der Waals surface area contributed by atoms with Gasteiger partial charge in [-0.2, -0.15) is 0 Å². The third kappa shape index (κ3) is 12.7. The van der Waals surface area contributed by atoms with Crippen molar-refractivity contribution in [3.8, 4) is 0 Å². The molecule has 0 atom stereocenters. The van der Waals surface area contributed by atoms with Gasteiger partial charge in [0.05, 0.1) is 0 Å². The van der Waals surface area contributed by atoms with E-state index in [1.54, 1.807) is 11.1 Å². The SMILES string of the molecule is CCCCC=C(C)CCC=C(C)CCC=C(C)CI. The predicted molar refractivity (Wildman–Crippen MR) is 98.2 cm³/mol. The first-order valence-electron chi connectivity index (χ1n) is 7.63. The van der Waals surface area contributed by atoms with Crippen LogP contribution in [0.3, 0.4) is 0 Å². The molecule has 0 aromatic heterocycles. The summed E-state index contributed by atoms with van der Waals surface area (Å²) in [6, 6.07) is 0. The van der Waals surface area contributed by atoms with E-state index in [-0.39, 0.29) is 0 Å². The summed E-state index contributed by atoms with van der Waals surface area (Å²) in [5, 5.41) is 0. The maximum atomic E-state index is 2.42. The van der Waals surface area contributed by atoms with Crippen molar-refractivity contribution < 1.29 is 0 Å². The Morgan fingerprint density at radius 2 is 1.26 bits per heavy atom. The fourth-order valence-electron chi connectivity index (χ4n) is 1.90. The molecule has 0 bridgehead atoms. The number of halogens is 1. The van der Waals surface area contributed by atoms with Crippen molar-refractivity contribution in [2.45, 2.75) is 72.6 Å². The molecule has 1 heteroatoms. The average molecular weight is 374 g/mol. The molecule has 0 rings (SSSR count). The predicted octanol–water partition coefficient (Wildman–Crippen LogP) is 7.01. The largest absolute Gasteiger partial charge is 0.0856 e. The van der Waals surface area contributed by atoms with E-state index in [1.165, 1.54) is 50.5 Å². The standard InChI is InChI=1S/C18H31I/c1-5-6-7-10-16(2)11-8-12-17(3)13-9-14-18(4)15-19/h10,12,14H,5-9,11,13,15H2,1-4H3. The number of hydrogen-bond donors (Lipinski definition) is 0. The Labute approximate surface area is 134 Å². The van der Waals surface area contributed by atoms with E-state index >= 15 is 0 Å². The molecule has 0 nitrogen and oxygen atoms in total. The van der Waals surface area contributed by atoms with E-state index in [0.29, 0.717) is 0 Å². The second kappa shape index (κ2) is 13.0. The quantitative estimate of drug-likeness (QED) is 0.167. The molecular formula is C18H31I. The van der Waals surface area contributed by atoms with Crippen LogP contribution in [0.25, 0.3) is 0 Å². The number of allylic oxidation sites excluding steroid dienone is 6. The third-order valence-corrected chi connectivity index (χ3v) is 4.53. The van der Waals surface area contributed by atoms with Crippen molar-refractivity contribution in [1.82, 2.24) is 0 Å². The van der Waals surface area contributed by atoms with Gasteiger partial charge in [-0.25, -0.2) is 0 Å². The fourth-order valence-corrected chi connectivity index (χ4v) is 2.22. The third-order valence-electron chi connectivity index (χ3n) is 3.32. The van der Waals surface area contributed by atoms with Crippen molar-refractivity contribution in [3.63, 3.8) is 0 Å². The first-order valence-corrected chi connectivity index (χ1v) is 9.15. The molecule has 0 aromatic rings. The highest BCUT2D eigenvalue weighted by molar-refractivity contribution is 14.1. The lowest BCUT2D eigenvalue weighted by Crippen LogP contribution is -1.82. The molecule has 0 aliphatic carbocycles. The summed E-state index contributed by atoms with van der Waals surface area (Å²) in [7, 11) is 0. The first-order chi connectivity index (χ1) is 9.10. The minimum Gasteiger partial charge on any atom is -0.0856 e. The zero-order chi connectivity index (χ0) is 14.5. The lowest BCUT2D eigenvalue weighted by atomic mass is 10.1. The van der Waals surface area contributed by atoms with Gasteiger partial charge in [-0.15, -0.1) is 0 Å². The highest BCUT2D eigenvalue weighted by Gasteiger charge is 1.92. The topological polar surface area (TPSA) is 0 Å².